The number of hydrogen-bond acceptors (Lipinski definition) is 4. The van der Waals surface area contributed by atoms with Crippen molar-refractivity contribution in [1.82, 2.24) is 10.0 Å². The highest BCUT2D eigenvalue weighted by Crippen LogP contribution is 2.31. The highest BCUT2D eigenvalue weighted by atomic mass is 35.5. The molecule has 112 valence electrons. The van der Waals surface area contributed by atoms with Gasteiger partial charge in [0.1, 0.15) is 4.90 Å². The van der Waals surface area contributed by atoms with Crippen LogP contribution < -0.4 is 10.0 Å². The molecule has 2 aromatic rings. The topological polar surface area (TPSA) is 75.3 Å². The van der Waals surface area contributed by atoms with Gasteiger partial charge in [0, 0.05) is 39.5 Å². The number of carbonyl (C=O) groups is 1. The van der Waals surface area contributed by atoms with Gasteiger partial charge in [-0.3, -0.25) is 4.79 Å². The summed E-state index contributed by atoms with van der Waals surface area (Å²) in [7, 11) is -3.63. The van der Waals surface area contributed by atoms with Gasteiger partial charge in [0.2, 0.25) is 15.9 Å². The minimum Gasteiger partial charge on any atom is -0.355 e. The Morgan fingerprint density at radius 2 is 2.19 bits per heavy atom. The second-order valence-corrected chi connectivity index (χ2v) is 7.93. The van der Waals surface area contributed by atoms with Crippen molar-refractivity contribution in [3.05, 3.63) is 28.6 Å². The fourth-order valence-corrected chi connectivity index (χ4v) is 5.22. The van der Waals surface area contributed by atoms with Gasteiger partial charge in [-0.25, -0.2) is 13.1 Å². The van der Waals surface area contributed by atoms with Gasteiger partial charge in [-0.2, -0.15) is 0 Å². The molecule has 1 atom stereocenters. The summed E-state index contributed by atoms with van der Waals surface area (Å²) in [6, 6.07) is 4.93. The van der Waals surface area contributed by atoms with E-state index >= 15 is 0 Å². The number of carbonyl (C=O) groups excluding carboxylic acids is 1. The lowest BCUT2D eigenvalue weighted by molar-refractivity contribution is -0.122. The standard InChI is InChI=1S/C13H13ClN2O3S2/c14-8-1-3-11-10(5-8)12(7-20-11)21(18,19)16-9-2-4-13(17)15-6-9/h1,3,5,7,9,16H,2,4,6H2,(H,15,17). The van der Waals surface area contributed by atoms with Crippen molar-refractivity contribution in [2.24, 2.45) is 0 Å². The molecule has 0 saturated carbocycles. The van der Waals surface area contributed by atoms with E-state index in [1.54, 1.807) is 17.5 Å². The van der Waals surface area contributed by atoms with Crippen LogP contribution in [0.4, 0.5) is 0 Å². The molecule has 1 aromatic carbocycles. The number of thiophene rings is 1. The molecule has 0 spiro atoms. The zero-order chi connectivity index (χ0) is 15.0. The van der Waals surface area contributed by atoms with Crippen molar-refractivity contribution in [1.29, 1.82) is 0 Å². The molecular weight excluding hydrogens is 332 g/mol. The van der Waals surface area contributed by atoms with Gasteiger partial charge in [-0.1, -0.05) is 11.6 Å². The van der Waals surface area contributed by atoms with Crippen molar-refractivity contribution >= 4 is 49.0 Å². The average Bonchev–Trinajstić information content (AvgIpc) is 2.85. The fourth-order valence-electron chi connectivity index (χ4n) is 2.30. The van der Waals surface area contributed by atoms with Gasteiger partial charge >= 0.3 is 0 Å². The Labute approximate surface area is 131 Å². The van der Waals surface area contributed by atoms with E-state index in [9.17, 15) is 13.2 Å². The molecule has 2 N–H and O–H groups in total. The third kappa shape index (κ3) is 3.06. The number of fused-ring (bicyclic) bond motifs is 1. The highest BCUT2D eigenvalue weighted by molar-refractivity contribution is 7.90. The van der Waals surface area contributed by atoms with Crippen LogP contribution in [-0.4, -0.2) is 26.9 Å². The van der Waals surface area contributed by atoms with Crippen molar-refractivity contribution in [3.8, 4) is 0 Å². The van der Waals surface area contributed by atoms with Crippen molar-refractivity contribution in [2.45, 2.75) is 23.8 Å². The highest BCUT2D eigenvalue weighted by Gasteiger charge is 2.26. The van der Waals surface area contributed by atoms with Crippen molar-refractivity contribution < 1.29 is 13.2 Å². The lowest BCUT2D eigenvalue weighted by Crippen LogP contribution is -2.47. The van der Waals surface area contributed by atoms with Gasteiger partial charge in [0.05, 0.1) is 0 Å². The van der Waals surface area contributed by atoms with E-state index in [-0.39, 0.29) is 16.8 Å². The second-order valence-electron chi connectivity index (χ2n) is 4.90. The molecular formula is C13H13ClN2O3S2. The number of halogens is 1. The Hall–Kier alpha value is -1.15. The number of rotatable bonds is 3. The monoisotopic (exact) mass is 344 g/mol. The van der Waals surface area contributed by atoms with Gasteiger partial charge in [0.25, 0.3) is 0 Å². The van der Waals surface area contributed by atoms with Crippen LogP contribution in [-0.2, 0) is 14.8 Å². The molecule has 1 saturated heterocycles. The molecule has 8 heteroatoms. The first-order chi connectivity index (χ1) is 9.95. The zero-order valence-corrected chi connectivity index (χ0v) is 13.3. The quantitative estimate of drug-likeness (QED) is 0.895. The summed E-state index contributed by atoms with van der Waals surface area (Å²) in [6.45, 7) is 0.320. The summed E-state index contributed by atoms with van der Waals surface area (Å²) < 4.78 is 28.5. The fraction of sp³-hybridized carbons (Fsp3) is 0.308. The molecule has 0 aliphatic carbocycles. The van der Waals surface area contributed by atoms with Gasteiger partial charge in [-0.05, 0) is 24.6 Å². The minimum atomic E-state index is -3.63. The smallest absolute Gasteiger partial charge is 0.242 e. The maximum absolute atomic E-state index is 12.5. The summed E-state index contributed by atoms with van der Waals surface area (Å²) in [5.41, 5.74) is 0. The lowest BCUT2D eigenvalue weighted by atomic mass is 10.1. The van der Waals surface area contributed by atoms with E-state index in [0.29, 0.717) is 29.8 Å². The van der Waals surface area contributed by atoms with Gasteiger partial charge in [-0.15, -0.1) is 11.3 Å². The molecule has 21 heavy (non-hydrogen) atoms. The van der Waals surface area contributed by atoms with Crippen LogP contribution in [0.5, 0.6) is 0 Å². The summed E-state index contributed by atoms with van der Waals surface area (Å²) in [4.78, 5) is 11.4. The predicted octanol–water partition coefficient (Wildman–Crippen LogP) is 2.11. The van der Waals surface area contributed by atoms with Gasteiger partial charge in [0.15, 0.2) is 0 Å². The van der Waals surface area contributed by atoms with Crippen LogP contribution in [0.25, 0.3) is 10.1 Å². The number of nitrogens with one attached hydrogen (secondary N) is 2. The average molecular weight is 345 g/mol. The van der Waals surface area contributed by atoms with Crippen LogP contribution in [0, 0.1) is 0 Å². The van der Waals surface area contributed by atoms with E-state index in [1.807, 2.05) is 6.07 Å². The maximum Gasteiger partial charge on any atom is 0.242 e. The van der Waals surface area contributed by atoms with Crippen LogP contribution in [0.1, 0.15) is 12.8 Å². The Bertz CT molecular complexity index is 791. The van der Waals surface area contributed by atoms with E-state index in [2.05, 4.69) is 10.0 Å². The Morgan fingerprint density at radius 1 is 1.38 bits per heavy atom. The molecule has 0 bridgehead atoms. The third-order valence-electron chi connectivity index (χ3n) is 3.38. The summed E-state index contributed by atoms with van der Waals surface area (Å²) >= 11 is 7.31. The van der Waals surface area contributed by atoms with Crippen molar-refractivity contribution in [3.63, 3.8) is 0 Å². The molecule has 1 unspecified atom stereocenters. The maximum atomic E-state index is 12.5. The summed E-state index contributed by atoms with van der Waals surface area (Å²) in [6.07, 6.45) is 0.845. The van der Waals surface area contributed by atoms with Crippen LogP contribution >= 0.6 is 22.9 Å². The molecule has 5 nitrogen and oxygen atoms in total. The molecule has 2 heterocycles. The lowest BCUT2D eigenvalue weighted by Gasteiger charge is -2.23. The number of piperidine rings is 1. The molecule has 0 radical (unpaired) electrons. The zero-order valence-electron chi connectivity index (χ0n) is 10.9. The number of benzene rings is 1. The molecule has 1 fully saturated rings. The van der Waals surface area contributed by atoms with Crippen LogP contribution in [0.15, 0.2) is 28.5 Å². The summed E-state index contributed by atoms with van der Waals surface area (Å²) in [5.74, 6) is -0.0433. The number of amides is 1. The second kappa shape index (κ2) is 5.57. The molecule has 3 rings (SSSR count). The molecule has 1 amide bonds. The number of sulfonamides is 1. The number of hydrogen-bond donors (Lipinski definition) is 2. The first-order valence-corrected chi connectivity index (χ1v) is 9.15. The summed E-state index contributed by atoms with van der Waals surface area (Å²) in [5, 5.41) is 5.40. The molecule has 1 aromatic heterocycles. The van der Waals surface area contributed by atoms with E-state index < -0.39 is 10.0 Å². The Balaban J connectivity index is 1.89. The Kier molecular flexibility index (Phi) is 3.92. The SMILES string of the molecule is O=C1CCC(NS(=O)(=O)c2csc3ccc(Cl)cc23)CN1. The van der Waals surface area contributed by atoms with Crippen LogP contribution in [0.3, 0.4) is 0 Å². The van der Waals surface area contributed by atoms with E-state index in [1.165, 1.54) is 11.3 Å². The predicted molar refractivity (Wildman–Crippen MR) is 83.2 cm³/mol. The van der Waals surface area contributed by atoms with E-state index in [0.717, 1.165) is 4.70 Å². The van der Waals surface area contributed by atoms with Crippen molar-refractivity contribution in [2.75, 3.05) is 6.54 Å². The molecule has 1 aliphatic heterocycles. The normalized spacial score (nSPS) is 19.7. The Morgan fingerprint density at radius 3 is 2.90 bits per heavy atom. The van der Waals surface area contributed by atoms with E-state index in [4.69, 9.17) is 11.6 Å². The van der Waals surface area contributed by atoms with Crippen LogP contribution in [0.2, 0.25) is 5.02 Å². The first-order valence-electron chi connectivity index (χ1n) is 6.41. The third-order valence-corrected chi connectivity index (χ3v) is 6.29. The minimum absolute atomic E-state index is 0.0433. The first kappa shape index (κ1) is 14.8. The van der Waals surface area contributed by atoms with Gasteiger partial charge < -0.3 is 5.32 Å². The largest absolute Gasteiger partial charge is 0.355 e. The molecule has 1 aliphatic rings.